The number of likely N-dealkylation sites (tertiary alicyclic amines) is 1. The second-order valence-corrected chi connectivity index (χ2v) is 9.53. The molecule has 190 valence electrons. The van der Waals surface area contributed by atoms with Crippen LogP contribution in [-0.4, -0.2) is 62.7 Å². The van der Waals surface area contributed by atoms with Gasteiger partial charge < -0.3 is 15.5 Å². The summed E-state index contributed by atoms with van der Waals surface area (Å²) >= 11 is 0. The van der Waals surface area contributed by atoms with Crippen molar-refractivity contribution in [1.82, 2.24) is 14.7 Å². The predicted octanol–water partition coefficient (Wildman–Crippen LogP) is 2.72. The summed E-state index contributed by atoms with van der Waals surface area (Å²) in [7, 11) is -3.86. The Morgan fingerprint density at radius 1 is 1.06 bits per heavy atom. The summed E-state index contributed by atoms with van der Waals surface area (Å²) in [6.45, 7) is 2.63. The zero-order valence-electron chi connectivity index (χ0n) is 18.7. The van der Waals surface area contributed by atoms with Crippen LogP contribution < -0.4 is 15.3 Å². The number of alkyl halides is 3. The number of hydroxylamine groups is 2. The highest BCUT2D eigenvalue weighted by molar-refractivity contribution is 7.89. The van der Waals surface area contributed by atoms with Crippen molar-refractivity contribution in [3.8, 4) is 5.75 Å². The first-order chi connectivity index (χ1) is 16.6. The van der Waals surface area contributed by atoms with E-state index in [0.717, 1.165) is 50.2 Å². The summed E-state index contributed by atoms with van der Waals surface area (Å²) < 4.78 is 67.9. The lowest BCUT2D eigenvalue weighted by Crippen LogP contribution is -2.49. The maximum absolute atomic E-state index is 13.5. The number of hydrogen-bond acceptors (Lipinski definition) is 5. The number of sulfonamides is 1. The summed E-state index contributed by atoms with van der Waals surface area (Å²) in [4.78, 5) is 22.2. The molecule has 1 heterocycles. The van der Waals surface area contributed by atoms with Gasteiger partial charge in [-0.2, -0.15) is 4.99 Å². The van der Waals surface area contributed by atoms with Gasteiger partial charge in [0.2, 0.25) is 16.0 Å². The molecule has 3 N–H and O–H groups in total. The number of benzene rings is 2. The van der Waals surface area contributed by atoms with Crippen LogP contribution in [0.5, 0.6) is 5.75 Å². The molecule has 35 heavy (non-hydrogen) atoms. The second kappa shape index (κ2) is 11.5. The van der Waals surface area contributed by atoms with Gasteiger partial charge in [0.1, 0.15) is 0 Å². The van der Waals surface area contributed by atoms with Crippen molar-refractivity contribution >= 4 is 21.9 Å². The fourth-order valence-corrected chi connectivity index (χ4v) is 4.43. The van der Waals surface area contributed by atoms with Gasteiger partial charge in [-0.05, 0) is 62.3 Å². The number of guanidine groups is 1. The van der Waals surface area contributed by atoms with Gasteiger partial charge in [-0.15, -0.1) is 13.2 Å². The van der Waals surface area contributed by atoms with Crippen LogP contribution in [0.1, 0.15) is 29.6 Å². The minimum absolute atomic E-state index is 0.0416. The van der Waals surface area contributed by atoms with Crippen LogP contribution in [0.3, 0.4) is 0 Å². The summed E-state index contributed by atoms with van der Waals surface area (Å²) in [6.07, 6.45) is -1.80. The number of carbonyl (C=O) groups excluding carboxylic acids is 1. The average molecular weight is 514 g/mol. The SMILES string of the molecule is NC(=NC(=O)c1ccccc1)N(Oc1ccc(S(=O)(=O)NCCN2CCCCC2)cc1)C(F)(F)F. The minimum Gasteiger partial charge on any atom is -0.369 e. The minimum atomic E-state index is -5.13. The molecule has 3 rings (SSSR count). The van der Waals surface area contributed by atoms with E-state index in [-0.39, 0.29) is 22.8 Å². The van der Waals surface area contributed by atoms with Crippen molar-refractivity contribution in [1.29, 1.82) is 0 Å². The molecule has 1 aliphatic heterocycles. The number of hydrogen-bond donors (Lipinski definition) is 2. The molecule has 0 unspecified atom stereocenters. The Morgan fingerprint density at radius 2 is 1.69 bits per heavy atom. The molecule has 0 saturated carbocycles. The van der Waals surface area contributed by atoms with Gasteiger partial charge >= 0.3 is 6.30 Å². The zero-order chi connectivity index (χ0) is 25.5. The molecular weight excluding hydrogens is 487 g/mol. The van der Waals surface area contributed by atoms with E-state index in [2.05, 4.69) is 14.6 Å². The molecule has 2 aromatic rings. The van der Waals surface area contributed by atoms with Crippen LogP contribution in [0.2, 0.25) is 0 Å². The maximum Gasteiger partial charge on any atom is 0.520 e. The van der Waals surface area contributed by atoms with E-state index in [9.17, 15) is 26.4 Å². The van der Waals surface area contributed by atoms with E-state index >= 15 is 0 Å². The van der Waals surface area contributed by atoms with Crippen LogP contribution >= 0.6 is 0 Å². The third-order valence-electron chi connectivity index (χ3n) is 5.17. The van der Waals surface area contributed by atoms with E-state index in [1.807, 2.05) is 0 Å². The van der Waals surface area contributed by atoms with Gasteiger partial charge in [0.05, 0.1) is 4.90 Å². The van der Waals surface area contributed by atoms with Crippen LogP contribution in [0.15, 0.2) is 64.5 Å². The number of halogens is 3. The van der Waals surface area contributed by atoms with E-state index in [4.69, 9.17) is 10.6 Å². The fourth-order valence-electron chi connectivity index (χ4n) is 3.41. The van der Waals surface area contributed by atoms with E-state index in [0.29, 0.717) is 6.54 Å². The van der Waals surface area contributed by atoms with E-state index in [1.54, 1.807) is 6.07 Å². The Hall–Kier alpha value is -3.16. The normalized spacial score (nSPS) is 15.6. The monoisotopic (exact) mass is 513 g/mol. The van der Waals surface area contributed by atoms with Gasteiger partial charge in [-0.25, -0.2) is 13.1 Å². The van der Waals surface area contributed by atoms with Crippen LogP contribution in [0.4, 0.5) is 13.2 Å². The summed E-state index contributed by atoms with van der Waals surface area (Å²) in [5.74, 6) is -2.58. The number of piperidine rings is 1. The molecule has 1 fully saturated rings. The van der Waals surface area contributed by atoms with Crippen LogP contribution in [0.25, 0.3) is 0 Å². The number of nitrogens with one attached hydrogen (secondary N) is 1. The lowest BCUT2D eigenvalue weighted by molar-refractivity contribution is -0.300. The quantitative estimate of drug-likeness (QED) is 0.241. The highest BCUT2D eigenvalue weighted by Crippen LogP contribution is 2.25. The largest absolute Gasteiger partial charge is 0.520 e. The highest BCUT2D eigenvalue weighted by Gasteiger charge is 2.42. The van der Waals surface area contributed by atoms with Gasteiger partial charge in [0, 0.05) is 18.7 Å². The molecule has 2 aromatic carbocycles. The Labute approximate surface area is 201 Å². The molecular formula is C22H26F3N5O4S. The molecule has 0 spiro atoms. The molecule has 9 nitrogen and oxygen atoms in total. The Morgan fingerprint density at radius 3 is 2.29 bits per heavy atom. The summed E-state index contributed by atoms with van der Waals surface area (Å²) in [5, 5.41) is -0.672. The predicted molar refractivity (Wildman–Crippen MR) is 123 cm³/mol. The smallest absolute Gasteiger partial charge is 0.369 e. The Kier molecular flexibility index (Phi) is 8.70. The highest BCUT2D eigenvalue weighted by atomic mass is 32.2. The van der Waals surface area contributed by atoms with Gasteiger partial charge in [-0.3, -0.25) is 4.79 Å². The summed E-state index contributed by atoms with van der Waals surface area (Å²) in [6, 6.07) is 11.7. The number of nitrogens with zero attached hydrogens (tertiary/aromatic N) is 3. The fraction of sp³-hybridized carbons (Fsp3) is 0.364. The van der Waals surface area contributed by atoms with Crippen molar-refractivity contribution in [2.45, 2.75) is 30.5 Å². The second-order valence-electron chi connectivity index (χ2n) is 7.77. The molecule has 1 amide bonds. The third-order valence-corrected chi connectivity index (χ3v) is 6.65. The lowest BCUT2D eigenvalue weighted by atomic mass is 10.1. The zero-order valence-corrected chi connectivity index (χ0v) is 19.6. The Bertz CT molecular complexity index is 1120. The number of rotatable bonds is 8. The van der Waals surface area contributed by atoms with Crippen LogP contribution in [0, 0.1) is 0 Å². The van der Waals surface area contributed by atoms with Crippen LogP contribution in [-0.2, 0) is 10.0 Å². The van der Waals surface area contributed by atoms with E-state index < -0.39 is 33.3 Å². The molecule has 0 radical (unpaired) electrons. The maximum atomic E-state index is 13.5. The first-order valence-electron chi connectivity index (χ1n) is 10.9. The Balaban J connectivity index is 1.66. The van der Waals surface area contributed by atoms with Crippen molar-refractivity contribution in [3.63, 3.8) is 0 Å². The summed E-state index contributed by atoms with van der Waals surface area (Å²) in [5.41, 5.74) is 5.45. The molecule has 1 saturated heterocycles. The van der Waals surface area contributed by atoms with Gasteiger partial charge in [-0.1, -0.05) is 29.7 Å². The van der Waals surface area contributed by atoms with E-state index in [1.165, 1.54) is 30.7 Å². The molecule has 13 heteroatoms. The van der Waals surface area contributed by atoms with Gasteiger partial charge in [0.25, 0.3) is 5.91 Å². The third kappa shape index (κ3) is 7.67. The standard InChI is InChI=1S/C22H26F3N5O4S/c23-22(24,25)30(21(26)28-20(31)17-7-3-1-4-8-17)34-18-9-11-19(12-10-18)35(32,33)27-13-16-29-14-5-2-6-15-29/h1,3-4,7-12,27H,2,5-6,13-16H2,(H2,26,28,31). The average Bonchev–Trinajstić information content (AvgIpc) is 2.83. The number of amides is 1. The molecule has 0 aliphatic carbocycles. The number of carbonyl (C=O) groups is 1. The molecule has 0 aromatic heterocycles. The van der Waals surface area contributed by atoms with Gasteiger partial charge in [0.15, 0.2) is 5.75 Å². The first-order valence-corrected chi connectivity index (χ1v) is 12.3. The number of aliphatic imine (C=N–C) groups is 1. The van der Waals surface area contributed by atoms with Crippen molar-refractivity contribution in [3.05, 3.63) is 60.2 Å². The molecule has 1 aliphatic rings. The topological polar surface area (TPSA) is 117 Å². The van der Waals surface area contributed by atoms with Crippen molar-refractivity contribution in [2.75, 3.05) is 26.2 Å². The first kappa shape index (κ1) is 26.4. The van der Waals surface area contributed by atoms with Crippen molar-refractivity contribution < 1.29 is 31.2 Å². The number of nitrogens with two attached hydrogens (primary N) is 1. The van der Waals surface area contributed by atoms with Crippen molar-refractivity contribution in [2.24, 2.45) is 10.7 Å². The molecule has 0 atom stereocenters. The molecule has 0 bridgehead atoms. The lowest BCUT2D eigenvalue weighted by Gasteiger charge is -2.26.